The molecule has 9 aromatic heterocycles. The van der Waals surface area contributed by atoms with Crippen molar-refractivity contribution in [3.63, 3.8) is 0 Å². The number of hydrazone groups is 1. The number of aryl methyl sites for hydroxylation is 8. The molecule has 0 spiro atoms. The average Bonchev–Trinajstić information content (AvgIpc) is 1.64. The van der Waals surface area contributed by atoms with Gasteiger partial charge in [0.25, 0.3) is 0 Å². The first-order valence-corrected chi connectivity index (χ1v) is 28.9. The quantitative estimate of drug-likeness (QED) is 0.0138. The van der Waals surface area contributed by atoms with Gasteiger partial charge >= 0.3 is 0 Å². The zero-order valence-electron chi connectivity index (χ0n) is 76.6. The molecule has 29 nitrogen and oxygen atoms in total. The number of nitro groups is 1. The van der Waals surface area contributed by atoms with Crippen LogP contribution in [0.5, 0.6) is 0 Å². The number of pyridine rings is 6. The van der Waals surface area contributed by atoms with E-state index in [1.165, 1.54) is 27.6 Å². The Balaban J connectivity index is -0.0000000146. The number of aliphatic imine (C=N–C) groups is 1. The van der Waals surface area contributed by atoms with Crippen LogP contribution >= 0.6 is 24.0 Å². The zero-order valence-corrected chi connectivity index (χ0v) is 174. The zero-order chi connectivity index (χ0) is 66.2. The van der Waals surface area contributed by atoms with Gasteiger partial charge in [-0.3, -0.25) is 21.8 Å². The molecule has 11 heterocycles. The Hall–Kier alpha value is 28.5. The summed E-state index contributed by atoms with van der Waals surface area (Å²) in [6, 6.07) is 0. The fourth-order valence-electron chi connectivity index (χ4n) is 8.52. The van der Waals surface area contributed by atoms with Crippen LogP contribution in [0.2, 0.25) is 0 Å². The number of aromatic nitrogens is 13. The largest absolute Gasteiger partial charge is 0.755 e. The summed E-state index contributed by atoms with van der Waals surface area (Å²) in [5, 5.41) is 34.8. The van der Waals surface area contributed by atoms with E-state index in [-0.39, 0.29) is 1210 Å². The van der Waals surface area contributed by atoms with Crippen LogP contribution in [0.3, 0.4) is 0 Å². The topological polar surface area (TPSA) is 491 Å². The molecule has 0 aromatic carbocycles. The number of thioether (sulfide) groups is 1. The number of hydrogen-bond donors (Lipinski definition) is 5. The van der Waals surface area contributed by atoms with Crippen LogP contribution in [0.1, 0.15) is 128 Å². The van der Waals surface area contributed by atoms with Gasteiger partial charge in [-0.2, -0.15) is 41.1 Å². The summed E-state index contributed by atoms with van der Waals surface area (Å²) in [6.45, 7) is 26.8. The number of hydrazine groups is 1. The first-order chi connectivity index (χ1) is 42.6. The minimum atomic E-state index is -0.691. The average molecular weight is 4490 g/mol. The molecule has 0 bridgehead atoms. The number of fused-ring (bicyclic) bond motifs is 4. The minimum Gasteiger partial charge on any atom is -0.755 e. The maximum Gasteiger partial charge on any atom is 0.163 e. The fourth-order valence-corrected chi connectivity index (χ4v) is 9.12. The van der Waals surface area contributed by atoms with Gasteiger partial charge < -0.3 is 125 Å². The van der Waals surface area contributed by atoms with Crippen molar-refractivity contribution in [1.82, 2.24) is 64.6 Å². The number of imidazole rings is 2. The minimum absolute atomic E-state index is 0. The summed E-state index contributed by atoms with van der Waals surface area (Å²) in [4.78, 5) is 58.9. The Kier molecular flexibility index (Phi) is 452. The predicted octanol–water partition coefficient (Wildman–Crippen LogP) is 9.35. The fraction of sp³-hybridized carbons (Fsp3) is 0.350. The van der Waals surface area contributed by atoms with Crippen LogP contribution in [-0.2, 0) is 1220 Å². The van der Waals surface area contributed by atoms with Gasteiger partial charge in [-0.05, 0) is 42.7 Å². The van der Waals surface area contributed by atoms with Gasteiger partial charge in [0.2, 0.25) is 0 Å². The summed E-state index contributed by atoms with van der Waals surface area (Å²) in [6.07, 6.45) is 30.6. The Morgan fingerprint density at radius 2 is 0.793 bits per heavy atom. The Morgan fingerprint density at radius 3 is 1.09 bits per heavy atom. The third-order valence-electron chi connectivity index (χ3n) is 13.1. The summed E-state index contributed by atoms with van der Waals surface area (Å²) in [7, 11) is 0. The van der Waals surface area contributed by atoms with Crippen molar-refractivity contribution in [3.05, 3.63) is 161 Å². The summed E-state index contributed by atoms with van der Waals surface area (Å²) in [5.41, 5.74) is 44.4. The normalized spacial score (nSPS) is 7.50. The molecule has 140 heavy (non-hydrogen) atoms. The van der Waals surface area contributed by atoms with E-state index in [4.69, 9.17) is 46.3 Å². The van der Waals surface area contributed by atoms with Gasteiger partial charge in [0, 0.05) is 1200 Å². The smallest absolute Gasteiger partial charge is 0.163 e. The second-order valence-corrected chi connectivity index (χ2v) is 19.7. The second kappa shape index (κ2) is 195. The van der Waals surface area contributed by atoms with E-state index < -0.39 is 10.6 Å². The number of nitrogen functional groups attached to an aromatic ring is 2. The number of thiocarbonyl (C=S) groups is 1. The molecule has 0 fully saturated rings. The molecule has 14 N–H and O–H groups in total. The van der Waals surface area contributed by atoms with Crippen molar-refractivity contribution in [2.24, 2.45) is 27.6 Å². The van der Waals surface area contributed by atoms with Gasteiger partial charge in [-0.1, -0.05) is 198 Å². The molecular weight excluding hydrogens is 4410 g/mol. The van der Waals surface area contributed by atoms with Crippen LogP contribution < -0.4 is 39.0 Å². The molecular formula is C60H73N26O3S2V30Y19-15. The summed E-state index contributed by atoms with van der Waals surface area (Å²) < 4.78 is 1.34. The molecule has 0 amide bonds. The molecule has 695 valence electrons. The third kappa shape index (κ3) is 118. The summed E-state index contributed by atoms with van der Waals surface area (Å²) in [5.74, 6) is 14.4. The Bertz CT molecular complexity index is 4180. The van der Waals surface area contributed by atoms with Crippen molar-refractivity contribution in [1.29, 1.82) is 5.26 Å². The van der Waals surface area contributed by atoms with Gasteiger partial charge in [0.1, 0.15) is 0 Å². The standard InChI is InChI=1S/C11H10N7.C10H12N4.C10H11N3S.C10H11N2S.C8H11N3.C7H6N3O2.C3H3N2.CH4.H4N2.H2O.30V.19Y/c1-3-7-6(2)13-4-8-9(7)17-11(16-8)18-10(12)14-5-15-18;1-3-8-6(2)12-5-7-4-9(14-11)13-10(7)8;1-4-7-6(2)11-5-8-9(7)13-10(12-8)14-3;1-3-8-6(2)11-5-7-4-9(13)12-10(7)8;1-3-6-5(2)11-4-7(9)8(6)10;1-4-5(2)9-3-6(7(4)8)10(11)12;1-2-5-3-4;;1-2;;;;;;;;;;;;;;;;;;;;;;;;;;;;;;;;;;;;;;;;;;;;;;;;;;/h3H2,1-2H3,(H2-,12,14,15,16,17);3-4,11H2,1-2H3;4H2,1-3H3;3-4H2,1-2H3,(H,11,12,13);3,9H2,1-2H3,(H-,10,11);1H2,2H3,(H-,8,9);1H3;1H4;1-2H2;1H2;;;;;;;;;;;;;;;;;;;;;;;;;;;;;;;;;;;;;;;;;;;;;;;;;/q-3;2*-2;-1;-2;-3;-1;;;;;;;;;;;;;;;;;;;;;;;;;;;;;;;;;;;;;;;;;;;;;;;;;;;;/p-1. The monoisotopic (exact) mass is 4490 g/mol. The molecule has 49 radical (unpaired) electrons. The van der Waals surface area contributed by atoms with Crippen LogP contribution in [0.4, 0.5) is 40.1 Å². The van der Waals surface area contributed by atoms with E-state index in [0.717, 1.165) is 127 Å². The van der Waals surface area contributed by atoms with E-state index in [0.29, 0.717) is 40.8 Å². The van der Waals surface area contributed by atoms with Crippen LogP contribution in [-0.4, -0.2) is 88.3 Å². The van der Waals surface area contributed by atoms with Crippen molar-refractivity contribution in [2.45, 2.75) is 141 Å². The molecule has 9 aromatic rings. The molecule has 0 unspecified atom stereocenters. The van der Waals surface area contributed by atoms with E-state index in [9.17, 15) is 10.1 Å². The number of nitrogens with two attached hydrogens (primary N) is 5. The number of nitrogens with zero attached hydrogens (tertiary/aromatic N) is 19. The van der Waals surface area contributed by atoms with Crippen molar-refractivity contribution in [2.75, 3.05) is 17.7 Å². The van der Waals surface area contributed by atoms with Crippen molar-refractivity contribution < 1.29 is 1190 Å². The predicted molar refractivity (Wildman–Crippen MR) is 360 cm³/mol. The van der Waals surface area contributed by atoms with E-state index in [2.05, 4.69) is 177 Å². The second-order valence-electron chi connectivity index (χ2n) is 18.5. The maximum atomic E-state index is 10.3. The summed E-state index contributed by atoms with van der Waals surface area (Å²) >= 11 is 6.61. The number of nitriles is 1. The molecule has 0 aliphatic carbocycles. The third-order valence-corrected chi connectivity index (χ3v) is 13.9. The SMILES string of the molecule is C.CCc1c(C)n[c-]c(N)c1[NH-].CCc1c(C)n[c-]c2c1[N-]/C(=N\N)C2.CCc1c(C)n[c-]c2c1[N-]C(=S)C2.CCc1c(C)n[c-]c2nc(-n3n[c-]nc3N)[n-]c12.CCc1c(C)n[c-]c2nc(SC)[n-]c12.C[C-]=NC#N.NN.O.[CH2-]c1c(C)n[c-]c([N+](=O)[O-])c1[NH-].[V].[V].[V].[V].[V].[V].[V].[V].[V].[V].[V].[V].[V].[V].[V].[V].[V].[V].[V].[V].[V].[V].[V].[V].[V].[V].[V].[V].[V].[V].[Y].[Y].[Y].[Y].[Y].[Y].[Y].[Y].[Y].[Y].[Y].[Y].[Y].[Y].[Y].[Y].[Y].[Y].[Y]. The van der Waals surface area contributed by atoms with Crippen molar-refractivity contribution >= 4 is 103 Å². The number of nitrogens with one attached hydrogen (secondary N) is 2. The van der Waals surface area contributed by atoms with Crippen LogP contribution in [0.15, 0.2) is 15.3 Å². The Morgan fingerprint density at radius 1 is 0.486 bits per heavy atom. The van der Waals surface area contributed by atoms with Gasteiger partial charge in [-0.25, -0.2) is 11.4 Å². The molecule has 2 aliphatic heterocycles. The number of hydrogen-bond acceptors (Lipinski definition) is 22. The maximum absolute atomic E-state index is 10.3. The first-order valence-electron chi connectivity index (χ1n) is 27.2. The van der Waals surface area contributed by atoms with Gasteiger partial charge in [0.15, 0.2) is 5.69 Å². The Labute approximate surface area is 1680 Å². The van der Waals surface area contributed by atoms with E-state index in [1.807, 2.05) is 47.8 Å². The molecule has 0 saturated heterocycles. The molecule has 11 rings (SSSR count). The molecule has 80 heteroatoms. The van der Waals surface area contributed by atoms with Crippen LogP contribution in [0, 0.1) is 114 Å². The van der Waals surface area contributed by atoms with Crippen LogP contribution in [0.25, 0.3) is 50.1 Å². The molecule has 2 aliphatic rings. The first kappa shape index (κ1) is 326. The van der Waals surface area contributed by atoms with E-state index in [1.54, 1.807) is 25.6 Å². The van der Waals surface area contributed by atoms with Crippen molar-refractivity contribution in [3.8, 4) is 12.1 Å². The van der Waals surface area contributed by atoms with Gasteiger partial charge in [-0.15, -0.1) is 80.4 Å². The number of anilines is 2. The number of rotatable bonds is 8. The van der Waals surface area contributed by atoms with E-state index >= 15 is 0 Å². The van der Waals surface area contributed by atoms with Gasteiger partial charge in [0.05, 0.1) is 0 Å². The number of amidine groups is 1. The molecule has 0 atom stereocenters. The molecule has 0 saturated carbocycles.